The van der Waals surface area contributed by atoms with Gasteiger partial charge >= 0.3 is 0 Å². The van der Waals surface area contributed by atoms with Gasteiger partial charge in [0.1, 0.15) is 5.02 Å². The molecule has 2 aromatic carbocycles. The zero-order chi connectivity index (χ0) is 15.3. The number of amides is 2. The third-order valence-corrected chi connectivity index (χ3v) is 4.63. The van der Waals surface area contributed by atoms with Crippen molar-refractivity contribution in [2.45, 2.75) is 0 Å². The van der Waals surface area contributed by atoms with Crippen LogP contribution in [-0.4, -0.2) is 11.8 Å². The summed E-state index contributed by atoms with van der Waals surface area (Å²) in [5.41, 5.74) is 0.547. The van der Waals surface area contributed by atoms with Crippen LogP contribution in [0.2, 0.25) is 5.02 Å². The quantitative estimate of drug-likeness (QED) is 0.368. The smallest absolute Gasteiger partial charge is 0.266 e. The van der Waals surface area contributed by atoms with Crippen molar-refractivity contribution >= 4 is 61.0 Å². The second-order valence-corrected chi connectivity index (χ2v) is 6.39. The maximum absolute atomic E-state index is 14.0. The van der Waals surface area contributed by atoms with Crippen LogP contribution in [0.1, 0.15) is 20.7 Å². The molecular weight excluding hydrogens is 428 g/mol. The highest BCUT2D eigenvalue weighted by atomic mass is 79.9. The van der Waals surface area contributed by atoms with Gasteiger partial charge in [0.2, 0.25) is 0 Å². The molecule has 0 fully saturated rings. The first kappa shape index (κ1) is 14.7. The van der Waals surface area contributed by atoms with Gasteiger partial charge < -0.3 is 0 Å². The fraction of sp³-hybridized carbons (Fsp3) is 0. The number of hydrogen-bond acceptors (Lipinski definition) is 2. The molecule has 0 atom stereocenters. The van der Waals surface area contributed by atoms with Crippen molar-refractivity contribution < 1.29 is 14.0 Å². The summed E-state index contributed by atoms with van der Waals surface area (Å²) in [5.74, 6) is -1.79. The second-order valence-electron chi connectivity index (χ2n) is 4.31. The van der Waals surface area contributed by atoms with E-state index in [4.69, 9.17) is 11.6 Å². The van der Waals surface area contributed by atoms with Gasteiger partial charge in [-0.2, -0.15) is 0 Å². The van der Waals surface area contributed by atoms with Crippen LogP contribution in [0.5, 0.6) is 0 Å². The largest absolute Gasteiger partial charge is 0.268 e. The topological polar surface area (TPSA) is 37.4 Å². The van der Waals surface area contributed by atoms with Crippen LogP contribution in [0, 0.1) is 5.82 Å². The number of carbonyl (C=O) groups excluding carboxylic acids is 2. The molecule has 0 unspecified atom stereocenters. The van der Waals surface area contributed by atoms with E-state index >= 15 is 0 Å². The lowest BCUT2D eigenvalue weighted by molar-refractivity contribution is 0.0926. The fourth-order valence-electron chi connectivity index (χ4n) is 2.15. The molecular formula is C14H5Br2ClFNO2. The lowest BCUT2D eigenvalue weighted by Gasteiger charge is -2.18. The van der Waals surface area contributed by atoms with E-state index in [1.807, 2.05) is 0 Å². The van der Waals surface area contributed by atoms with Crippen LogP contribution in [-0.2, 0) is 0 Å². The van der Waals surface area contributed by atoms with Crippen LogP contribution >= 0.6 is 43.5 Å². The lowest BCUT2D eigenvalue weighted by Crippen LogP contribution is -2.30. The van der Waals surface area contributed by atoms with Crippen molar-refractivity contribution in [3.8, 4) is 0 Å². The second kappa shape index (κ2) is 5.19. The number of imide groups is 1. The van der Waals surface area contributed by atoms with Crippen molar-refractivity contribution in [3.63, 3.8) is 0 Å². The van der Waals surface area contributed by atoms with Gasteiger partial charge in [0, 0.05) is 4.47 Å². The first-order chi connectivity index (χ1) is 9.93. The van der Waals surface area contributed by atoms with E-state index in [0.29, 0.717) is 4.47 Å². The highest BCUT2D eigenvalue weighted by Gasteiger charge is 2.39. The molecule has 0 N–H and O–H groups in total. The first-order valence-corrected chi connectivity index (χ1v) is 7.70. The van der Waals surface area contributed by atoms with E-state index in [2.05, 4.69) is 31.9 Å². The molecule has 0 bridgehead atoms. The summed E-state index contributed by atoms with van der Waals surface area (Å²) in [4.78, 5) is 25.7. The van der Waals surface area contributed by atoms with Gasteiger partial charge in [0.05, 0.1) is 21.3 Å². The Hall–Kier alpha value is -1.24. The Kier molecular flexibility index (Phi) is 3.63. The van der Waals surface area contributed by atoms with Gasteiger partial charge in [-0.25, -0.2) is 9.29 Å². The molecule has 3 nitrogen and oxygen atoms in total. The summed E-state index contributed by atoms with van der Waals surface area (Å²) in [6, 6.07) is 7.82. The predicted molar refractivity (Wildman–Crippen MR) is 84.4 cm³/mol. The Bertz CT molecular complexity index is 775. The fourth-order valence-corrected chi connectivity index (χ4v) is 4.01. The van der Waals surface area contributed by atoms with Gasteiger partial charge in [-0.15, -0.1) is 0 Å². The monoisotopic (exact) mass is 431 g/mol. The molecule has 1 aliphatic rings. The summed E-state index contributed by atoms with van der Waals surface area (Å²) in [7, 11) is 0. The Labute approximate surface area is 140 Å². The maximum Gasteiger partial charge on any atom is 0.266 e. The number of rotatable bonds is 1. The molecule has 1 heterocycles. The van der Waals surface area contributed by atoms with E-state index < -0.39 is 17.6 Å². The van der Waals surface area contributed by atoms with Gasteiger partial charge in [0.15, 0.2) is 5.82 Å². The highest BCUT2D eigenvalue weighted by molar-refractivity contribution is 9.11. The molecule has 0 aliphatic carbocycles. The van der Waals surface area contributed by atoms with Crippen molar-refractivity contribution in [1.82, 2.24) is 0 Å². The van der Waals surface area contributed by atoms with Crippen LogP contribution in [0.25, 0.3) is 0 Å². The van der Waals surface area contributed by atoms with Crippen LogP contribution in [0.15, 0.2) is 39.3 Å². The molecule has 0 radical (unpaired) electrons. The molecule has 21 heavy (non-hydrogen) atoms. The predicted octanol–water partition coefficient (Wildman–Crippen LogP) is 4.80. The highest BCUT2D eigenvalue weighted by Crippen LogP contribution is 2.42. The number of halogens is 4. The Morgan fingerprint density at radius 3 is 2.05 bits per heavy atom. The number of carbonyl (C=O) groups is 2. The minimum atomic E-state index is -0.730. The van der Waals surface area contributed by atoms with Gasteiger partial charge in [-0.1, -0.05) is 23.7 Å². The van der Waals surface area contributed by atoms with E-state index in [9.17, 15) is 14.0 Å². The third-order valence-electron chi connectivity index (χ3n) is 3.11. The van der Waals surface area contributed by atoms with E-state index in [0.717, 1.165) is 4.90 Å². The molecule has 1 aliphatic heterocycles. The minimum absolute atomic E-state index is 0.00330. The molecule has 2 aromatic rings. The summed E-state index contributed by atoms with van der Waals surface area (Å²) in [5, 5.41) is -0.300. The molecule has 0 saturated heterocycles. The zero-order valence-electron chi connectivity index (χ0n) is 10.2. The van der Waals surface area contributed by atoms with Crippen molar-refractivity contribution in [2.24, 2.45) is 0 Å². The lowest BCUT2D eigenvalue weighted by atomic mass is 10.1. The van der Waals surface area contributed by atoms with Crippen molar-refractivity contribution in [2.75, 3.05) is 4.90 Å². The summed E-state index contributed by atoms with van der Waals surface area (Å²) >= 11 is 12.2. The first-order valence-electron chi connectivity index (χ1n) is 5.74. The summed E-state index contributed by atoms with van der Waals surface area (Å²) in [6.07, 6.45) is 0. The number of anilines is 1. The average Bonchev–Trinajstić information content (AvgIpc) is 2.71. The van der Waals surface area contributed by atoms with Crippen molar-refractivity contribution in [3.05, 3.63) is 61.2 Å². The van der Waals surface area contributed by atoms with Gasteiger partial charge in [0.25, 0.3) is 11.8 Å². The molecule has 0 aromatic heterocycles. The summed E-state index contributed by atoms with van der Waals surface area (Å²) in [6.45, 7) is 0. The standard InChI is InChI=1S/C14H5Br2ClFNO2/c15-8-5-9(16)12(10(17)11(8)18)19-13(20)6-3-1-2-4-7(6)14(19)21/h1-5H. The molecule has 0 saturated carbocycles. The SMILES string of the molecule is O=C1c2ccccc2C(=O)N1c1c(Br)cc(Br)c(F)c1Cl. The minimum Gasteiger partial charge on any atom is -0.268 e. The molecule has 0 spiro atoms. The normalized spacial score (nSPS) is 13.8. The Morgan fingerprint density at radius 2 is 1.52 bits per heavy atom. The number of hydrogen-bond donors (Lipinski definition) is 0. The molecule has 2 amide bonds. The maximum atomic E-state index is 14.0. The van der Waals surface area contributed by atoms with E-state index in [-0.39, 0.29) is 26.3 Å². The summed E-state index contributed by atoms with van der Waals surface area (Å²) < 4.78 is 14.4. The number of nitrogens with zero attached hydrogens (tertiary/aromatic N) is 1. The molecule has 7 heteroatoms. The van der Waals surface area contributed by atoms with Crippen molar-refractivity contribution in [1.29, 1.82) is 0 Å². The molecule has 106 valence electrons. The van der Waals surface area contributed by atoms with E-state index in [1.165, 1.54) is 6.07 Å². The van der Waals surface area contributed by atoms with Crippen LogP contribution in [0.4, 0.5) is 10.1 Å². The number of fused-ring (bicyclic) bond motifs is 1. The Morgan fingerprint density at radius 1 is 1.00 bits per heavy atom. The Balaban J connectivity index is 2.23. The van der Waals surface area contributed by atoms with Crippen LogP contribution in [0.3, 0.4) is 0 Å². The number of benzene rings is 2. The molecule has 3 rings (SSSR count). The van der Waals surface area contributed by atoms with Crippen LogP contribution < -0.4 is 4.90 Å². The van der Waals surface area contributed by atoms with Gasteiger partial charge in [-0.05, 0) is 50.1 Å². The van der Waals surface area contributed by atoms with Gasteiger partial charge in [-0.3, -0.25) is 9.59 Å². The third kappa shape index (κ3) is 2.13. The van der Waals surface area contributed by atoms with E-state index in [1.54, 1.807) is 24.3 Å². The zero-order valence-corrected chi connectivity index (χ0v) is 14.1. The average molecular weight is 433 g/mol.